The molecular weight excluding hydrogens is 394 g/mol. The molecule has 162 valence electrons. The number of hydrogen-bond acceptors (Lipinski definition) is 5. The molecule has 8 nitrogen and oxygen atoms in total. The van der Waals surface area contributed by atoms with Crippen molar-refractivity contribution in [3.05, 3.63) is 24.3 Å². The minimum absolute atomic E-state index is 0.124. The highest BCUT2D eigenvalue weighted by atomic mass is 32.2. The lowest BCUT2D eigenvalue weighted by Crippen LogP contribution is -2.44. The number of nitrogens with zero attached hydrogens (tertiary/aromatic N) is 1. The minimum atomic E-state index is -3.23. The molecule has 0 saturated carbocycles. The van der Waals surface area contributed by atoms with E-state index in [0.717, 1.165) is 12.2 Å². The predicted molar refractivity (Wildman–Crippen MR) is 112 cm³/mol. The van der Waals surface area contributed by atoms with Crippen molar-refractivity contribution < 1.29 is 22.7 Å². The fourth-order valence-electron chi connectivity index (χ4n) is 3.17. The van der Waals surface area contributed by atoms with Gasteiger partial charge in [-0.25, -0.2) is 12.7 Å². The van der Waals surface area contributed by atoms with Gasteiger partial charge in [0.2, 0.25) is 21.8 Å². The number of nitrogens with one attached hydrogen (secondary N) is 2. The number of ether oxygens (including phenoxy) is 1. The predicted octanol–water partition coefficient (Wildman–Crippen LogP) is 1.98. The lowest BCUT2D eigenvalue weighted by atomic mass is 9.97. The Morgan fingerprint density at radius 2 is 1.79 bits per heavy atom. The van der Waals surface area contributed by atoms with Gasteiger partial charge in [-0.15, -0.1) is 0 Å². The van der Waals surface area contributed by atoms with Crippen molar-refractivity contribution in [2.24, 2.45) is 5.92 Å². The Morgan fingerprint density at radius 1 is 1.14 bits per heavy atom. The Bertz CT molecular complexity index is 772. The van der Waals surface area contributed by atoms with Crippen LogP contribution in [0.5, 0.6) is 5.75 Å². The molecule has 1 aliphatic rings. The van der Waals surface area contributed by atoms with Crippen LogP contribution in [-0.2, 0) is 19.6 Å². The van der Waals surface area contributed by atoms with Crippen molar-refractivity contribution >= 4 is 27.5 Å². The molecule has 0 radical (unpaired) electrons. The maximum Gasteiger partial charge on any atom is 0.243 e. The van der Waals surface area contributed by atoms with Gasteiger partial charge in [-0.05, 0) is 50.5 Å². The van der Waals surface area contributed by atoms with E-state index in [-0.39, 0.29) is 30.0 Å². The van der Waals surface area contributed by atoms with Crippen LogP contribution in [0.2, 0.25) is 0 Å². The number of anilines is 1. The van der Waals surface area contributed by atoms with Gasteiger partial charge in [0.25, 0.3) is 0 Å². The van der Waals surface area contributed by atoms with Gasteiger partial charge in [0.05, 0.1) is 18.9 Å². The van der Waals surface area contributed by atoms with E-state index in [1.54, 1.807) is 24.3 Å². The average molecular weight is 426 g/mol. The molecule has 1 saturated heterocycles. The Morgan fingerprint density at radius 3 is 2.38 bits per heavy atom. The van der Waals surface area contributed by atoms with Crippen molar-refractivity contribution in [3.8, 4) is 5.75 Å². The summed E-state index contributed by atoms with van der Waals surface area (Å²) in [6.45, 7) is 5.00. The van der Waals surface area contributed by atoms with Crippen molar-refractivity contribution in [2.45, 2.75) is 39.5 Å². The monoisotopic (exact) mass is 425 g/mol. The van der Waals surface area contributed by atoms with Gasteiger partial charge in [0.15, 0.2) is 0 Å². The van der Waals surface area contributed by atoms with Crippen LogP contribution in [0.25, 0.3) is 0 Å². The maximum absolute atomic E-state index is 12.3. The number of sulfonamides is 1. The molecule has 0 unspecified atom stereocenters. The molecule has 0 aromatic heterocycles. The van der Waals surface area contributed by atoms with Crippen molar-refractivity contribution in [3.63, 3.8) is 0 Å². The molecule has 9 heteroatoms. The molecule has 0 aliphatic carbocycles. The molecule has 1 aromatic carbocycles. The standard InChI is InChI=1S/C20H31N3O5S/c1-3-5-14-29(26,27)23-12-10-16(11-13-23)20(25)21-15-19(24)22-17-6-8-18(9-7-17)28-4-2/h6-9,16H,3-5,10-15H2,1-2H3,(H,21,25)(H,22,24). The van der Waals surface area contributed by atoms with Crippen LogP contribution in [0.3, 0.4) is 0 Å². The van der Waals surface area contributed by atoms with Crippen molar-refractivity contribution in [1.29, 1.82) is 0 Å². The Balaban J connectivity index is 1.73. The lowest BCUT2D eigenvalue weighted by molar-refractivity contribution is -0.128. The Labute approximate surface area is 173 Å². The highest BCUT2D eigenvalue weighted by Gasteiger charge is 2.30. The van der Waals surface area contributed by atoms with E-state index >= 15 is 0 Å². The number of rotatable bonds is 10. The number of carbonyl (C=O) groups excluding carboxylic acids is 2. The maximum atomic E-state index is 12.3. The largest absolute Gasteiger partial charge is 0.494 e. The molecule has 0 spiro atoms. The van der Waals surface area contributed by atoms with Crippen LogP contribution in [0.1, 0.15) is 39.5 Å². The molecule has 1 aliphatic heterocycles. The summed E-state index contributed by atoms with van der Waals surface area (Å²) in [7, 11) is -3.23. The van der Waals surface area contributed by atoms with E-state index in [0.29, 0.717) is 44.6 Å². The van der Waals surface area contributed by atoms with Gasteiger partial charge < -0.3 is 15.4 Å². The number of benzene rings is 1. The number of carbonyl (C=O) groups is 2. The zero-order chi connectivity index (χ0) is 21.3. The van der Waals surface area contributed by atoms with E-state index in [1.165, 1.54) is 4.31 Å². The summed E-state index contributed by atoms with van der Waals surface area (Å²) in [5.74, 6) is 0.0822. The summed E-state index contributed by atoms with van der Waals surface area (Å²) in [6.07, 6.45) is 2.42. The summed E-state index contributed by atoms with van der Waals surface area (Å²) >= 11 is 0. The zero-order valence-corrected chi connectivity index (χ0v) is 18.0. The molecular formula is C20H31N3O5S. The quantitative estimate of drug-likeness (QED) is 0.596. The topological polar surface area (TPSA) is 105 Å². The summed E-state index contributed by atoms with van der Waals surface area (Å²) < 4.78 is 31.3. The first kappa shape index (κ1) is 23.2. The van der Waals surface area contributed by atoms with Crippen LogP contribution in [-0.4, -0.2) is 56.5 Å². The Hall–Kier alpha value is -2.13. The molecule has 0 atom stereocenters. The minimum Gasteiger partial charge on any atom is -0.494 e. The van der Waals surface area contributed by atoms with Crippen molar-refractivity contribution in [1.82, 2.24) is 9.62 Å². The van der Waals surface area contributed by atoms with E-state index in [4.69, 9.17) is 4.74 Å². The molecule has 2 amide bonds. The first-order valence-corrected chi connectivity index (χ1v) is 11.7. The third-order valence-corrected chi connectivity index (χ3v) is 6.80. The number of unbranched alkanes of at least 4 members (excludes halogenated alkanes) is 1. The first-order chi connectivity index (χ1) is 13.9. The summed E-state index contributed by atoms with van der Waals surface area (Å²) in [5.41, 5.74) is 0.623. The molecule has 1 heterocycles. The van der Waals surface area contributed by atoms with E-state index in [1.807, 2.05) is 13.8 Å². The summed E-state index contributed by atoms with van der Waals surface area (Å²) in [4.78, 5) is 24.4. The van der Waals surface area contributed by atoms with Gasteiger partial charge in [0.1, 0.15) is 5.75 Å². The van der Waals surface area contributed by atoms with Crippen LogP contribution in [0, 0.1) is 5.92 Å². The first-order valence-electron chi connectivity index (χ1n) is 10.1. The van der Waals surface area contributed by atoms with Crippen LogP contribution >= 0.6 is 0 Å². The fraction of sp³-hybridized carbons (Fsp3) is 0.600. The molecule has 1 aromatic rings. The molecule has 0 bridgehead atoms. The van der Waals surface area contributed by atoms with E-state index < -0.39 is 10.0 Å². The summed E-state index contributed by atoms with van der Waals surface area (Å²) in [6, 6.07) is 7.00. The van der Waals surface area contributed by atoms with Gasteiger partial charge in [0, 0.05) is 24.7 Å². The molecule has 2 N–H and O–H groups in total. The number of hydrogen-bond donors (Lipinski definition) is 2. The van der Waals surface area contributed by atoms with E-state index in [9.17, 15) is 18.0 Å². The molecule has 1 fully saturated rings. The third kappa shape index (κ3) is 7.32. The van der Waals surface area contributed by atoms with Gasteiger partial charge in [-0.2, -0.15) is 0 Å². The van der Waals surface area contributed by atoms with Crippen LogP contribution < -0.4 is 15.4 Å². The van der Waals surface area contributed by atoms with Gasteiger partial charge in [-0.3, -0.25) is 9.59 Å². The Kier molecular flexibility index (Phi) is 8.91. The second kappa shape index (κ2) is 11.2. The summed E-state index contributed by atoms with van der Waals surface area (Å²) in [5, 5.41) is 5.37. The molecule has 2 rings (SSSR count). The average Bonchev–Trinajstić information content (AvgIpc) is 2.72. The smallest absolute Gasteiger partial charge is 0.243 e. The van der Waals surface area contributed by atoms with Crippen LogP contribution in [0.4, 0.5) is 5.69 Å². The normalized spacial score (nSPS) is 15.7. The molecule has 29 heavy (non-hydrogen) atoms. The SMILES string of the molecule is CCCCS(=O)(=O)N1CCC(C(=O)NCC(=O)Nc2ccc(OCC)cc2)CC1. The zero-order valence-electron chi connectivity index (χ0n) is 17.1. The second-order valence-corrected chi connectivity index (χ2v) is 9.15. The third-order valence-electron chi connectivity index (χ3n) is 4.85. The van der Waals surface area contributed by atoms with E-state index in [2.05, 4.69) is 10.6 Å². The van der Waals surface area contributed by atoms with Gasteiger partial charge >= 0.3 is 0 Å². The van der Waals surface area contributed by atoms with Gasteiger partial charge in [-0.1, -0.05) is 13.3 Å². The second-order valence-electron chi connectivity index (χ2n) is 7.07. The van der Waals surface area contributed by atoms with Crippen LogP contribution in [0.15, 0.2) is 24.3 Å². The number of piperidine rings is 1. The lowest BCUT2D eigenvalue weighted by Gasteiger charge is -2.30. The highest BCUT2D eigenvalue weighted by molar-refractivity contribution is 7.89. The number of amides is 2. The van der Waals surface area contributed by atoms with Crippen molar-refractivity contribution in [2.75, 3.05) is 37.3 Å². The highest BCUT2D eigenvalue weighted by Crippen LogP contribution is 2.20. The fourth-order valence-corrected chi connectivity index (χ4v) is 4.85.